The van der Waals surface area contributed by atoms with Crippen molar-refractivity contribution in [1.82, 2.24) is 4.90 Å². The van der Waals surface area contributed by atoms with Crippen LogP contribution >= 0.6 is 11.8 Å². The van der Waals surface area contributed by atoms with E-state index in [0.29, 0.717) is 0 Å². The summed E-state index contributed by atoms with van der Waals surface area (Å²) >= 11 is 1.72. The minimum Gasteiger partial charge on any atom is -0.291 e. The summed E-state index contributed by atoms with van der Waals surface area (Å²) in [6, 6.07) is 6.30. The number of benzene rings is 1. The first-order chi connectivity index (χ1) is 10.1. The van der Waals surface area contributed by atoms with Crippen molar-refractivity contribution in [2.75, 3.05) is 12.3 Å². The van der Waals surface area contributed by atoms with Crippen molar-refractivity contribution in [3.05, 3.63) is 29.3 Å². The maximum absolute atomic E-state index is 12.6. The number of carbonyl (C=O) groups excluding carboxylic acids is 1. The van der Waals surface area contributed by atoms with Crippen LogP contribution in [0, 0.1) is 19.8 Å². The Kier molecular flexibility index (Phi) is 4.34. The molecule has 1 aliphatic carbocycles. The van der Waals surface area contributed by atoms with E-state index in [0.717, 1.165) is 48.0 Å². The first-order valence-corrected chi connectivity index (χ1v) is 8.74. The molecule has 21 heavy (non-hydrogen) atoms. The van der Waals surface area contributed by atoms with Gasteiger partial charge in [-0.2, -0.15) is 0 Å². The van der Waals surface area contributed by atoms with Gasteiger partial charge >= 0.3 is 0 Å². The van der Waals surface area contributed by atoms with Crippen molar-refractivity contribution in [3.63, 3.8) is 0 Å². The number of hydrogen-bond acceptors (Lipinski definition) is 3. The van der Waals surface area contributed by atoms with Gasteiger partial charge < -0.3 is 0 Å². The molecule has 0 unspecified atom stereocenters. The van der Waals surface area contributed by atoms with Crippen LogP contribution in [-0.2, 0) is 4.79 Å². The summed E-state index contributed by atoms with van der Waals surface area (Å²) < 4.78 is 0. The molecule has 1 amide bonds. The highest BCUT2D eigenvalue weighted by Gasteiger charge is 2.33. The fraction of sp³-hybridized carbons (Fsp3) is 0.529. The SMILES string of the molecule is Cc1ccc(C)c(N=C2SCCCN2C(=O)C2CCC2)c1. The van der Waals surface area contributed by atoms with Gasteiger partial charge in [0.1, 0.15) is 0 Å². The van der Waals surface area contributed by atoms with Crippen LogP contribution in [0.25, 0.3) is 0 Å². The smallest absolute Gasteiger partial charge is 0.231 e. The largest absolute Gasteiger partial charge is 0.291 e. The highest BCUT2D eigenvalue weighted by molar-refractivity contribution is 8.13. The van der Waals surface area contributed by atoms with Gasteiger partial charge in [0.15, 0.2) is 5.17 Å². The number of carbonyl (C=O) groups is 1. The summed E-state index contributed by atoms with van der Waals surface area (Å²) in [5.74, 6) is 1.59. The molecule has 2 aliphatic rings. The standard InChI is InChI=1S/C17H22N2OS/c1-12-7-8-13(2)15(11-12)18-17-19(9-4-10-21-17)16(20)14-5-3-6-14/h7-8,11,14H,3-6,9-10H2,1-2H3. The summed E-state index contributed by atoms with van der Waals surface area (Å²) in [5.41, 5.74) is 3.36. The number of amidine groups is 1. The van der Waals surface area contributed by atoms with Gasteiger partial charge in [-0.05, 0) is 50.3 Å². The number of aryl methyl sites for hydroxylation is 2. The highest BCUT2D eigenvalue weighted by Crippen LogP contribution is 2.32. The van der Waals surface area contributed by atoms with Crippen LogP contribution in [0.3, 0.4) is 0 Å². The third-order valence-corrected chi connectivity index (χ3v) is 5.35. The Bertz CT molecular complexity index is 578. The molecule has 3 rings (SSSR count). The topological polar surface area (TPSA) is 32.7 Å². The molecule has 3 nitrogen and oxygen atoms in total. The second kappa shape index (κ2) is 6.22. The quantitative estimate of drug-likeness (QED) is 0.825. The van der Waals surface area contributed by atoms with E-state index in [1.165, 1.54) is 12.0 Å². The second-order valence-electron chi connectivity index (χ2n) is 6.00. The van der Waals surface area contributed by atoms with Crippen LogP contribution in [0.4, 0.5) is 5.69 Å². The fourth-order valence-electron chi connectivity index (χ4n) is 2.68. The van der Waals surface area contributed by atoms with Crippen molar-refractivity contribution in [1.29, 1.82) is 0 Å². The lowest BCUT2D eigenvalue weighted by Gasteiger charge is -2.34. The molecular weight excluding hydrogens is 280 g/mol. The van der Waals surface area contributed by atoms with Crippen LogP contribution in [0.5, 0.6) is 0 Å². The Morgan fingerprint density at radius 3 is 2.81 bits per heavy atom. The van der Waals surface area contributed by atoms with Crippen LogP contribution in [0.1, 0.15) is 36.8 Å². The zero-order valence-corrected chi connectivity index (χ0v) is 13.6. The van der Waals surface area contributed by atoms with Crippen molar-refractivity contribution >= 4 is 28.5 Å². The van der Waals surface area contributed by atoms with E-state index in [1.54, 1.807) is 11.8 Å². The first-order valence-electron chi connectivity index (χ1n) is 7.75. The van der Waals surface area contributed by atoms with E-state index < -0.39 is 0 Å². The first kappa shape index (κ1) is 14.6. The number of thioether (sulfide) groups is 1. The minimum absolute atomic E-state index is 0.243. The average molecular weight is 302 g/mol. The van der Waals surface area contributed by atoms with Crippen LogP contribution in [-0.4, -0.2) is 28.3 Å². The van der Waals surface area contributed by atoms with Gasteiger partial charge in [-0.15, -0.1) is 0 Å². The van der Waals surface area contributed by atoms with Gasteiger partial charge in [-0.1, -0.05) is 30.3 Å². The third kappa shape index (κ3) is 3.15. The van der Waals surface area contributed by atoms with E-state index in [1.807, 2.05) is 4.90 Å². The fourth-order valence-corrected chi connectivity index (χ4v) is 3.63. The molecule has 0 N–H and O–H groups in total. The van der Waals surface area contributed by atoms with Gasteiger partial charge in [0, 0.05) is 18.2 Å². The molecule has 1 saturated heterocycles. The third-order valence-electron chi connectivity index (χ3n) is 4.29. The molecule has 0 radical (unpaired) electrons. The Labute approximate surface area is 130 Å². The zero-order chi connectivity index (χ0) is 14.8. The van der Waals surface area contributed by atoms with Crippen LogP contribution < -0.4 is 0 Å². The predicted molar refractivity (Wildman–Crippen MR) is 89.1 cm³/mol. The average Bonchev–Trinajstić information content (AvgIpc) is 2.41. The van der Waals surface area contributed by atoms with E-state index in [4.69, 9.17) is 4.99 Å². The van der Waals surface area contributed by atoms with Gasteiger partial charge in [-0.25, -0.2) is 4.99 Å². The molecule has 1 aromatic rings. The second-order valence-corrected chi connectivity index (χ2v) is 7.07. The maximum Gasteiger partial charge on any atom is 0.231 e. The van der Waals surface area contributed by atoms with Gasteiger partial charge in [0.05, 0.1) is 5.69 Å². The molecule has 1 saturated carbocycles. The molecule has 0 bridgehead atoms. The number of rotatable bonds is 2. The van der Waals surface area contributed by atoms with Crippen molar-refractivity contribution in [3.8, 4) is 0 Å². The lowest BCUT2D eigenvalue weighted by molar-refractivity contribution is -0.134. The Balaban J connectivity index is 1.87. The van der Waals surface area contributed by atoms with Crippen molar-refractivity contribution in [2.45, 2.75) is 39.5 Å². The number of aliphatic imine (C=N–C) groups is 1. The molecule has 1 aliphatic heterocycles. The molecule has 1 heterocycles. The van der Waals surface area contributed by atoms with Crippen molar-refractivity contribution < 1.29 is 4.79 Å². The Morgan fingerprint density at radius 2 is 2.10 bits per heavy atom. The van der Waals surface area contributed by atoms with Crippen molar-refractivity contribution in [2.24, 2.45) is 10.9 Å². The van der Waals surface area contributed by atoms with E-state index in [2.05, 4.69) is 32.0 Å². The molecular formula is C17H22N2OS. The summed E-state index contributed by atoms with van der Waals surface area (Å²) in [5, 5.41) is 0.895. The van der Waals surface area contributed by atoms with Gasteiger partial charge in [0.25, 0.3) is 0 Å². The van der Waals surface area contributed by atoms with Crippen LogP contribution in [0.15, 0.2) is 23.2 Å². The Morgan fingerprint density at radius 1 is 1.29 bits per heavy atom. The zero-order valence-electron chi connectivity index (χ0n) is 12.8. The van der Waals surface area contributed by atoms with Crippen LogP contribution in [0.2, 0.25) is 0 Å². The van der Waals surface area contributed by atoms with E-state index in [9.17, 15) is 4.79 Å². The molecule has 0 spiro atoms. The molecule has 4 heteroatoms. The lowest BCUT2D eigenvalue weighted by atomic mass is 9.84. The summed E-state index contributed by atoms with van der Waals surface area (Å²) in [7, 11) is 0. The summed E-state index contributed by atoms with van der Waals surface area (Å²) in [4.78, 5) is 19.3. The van der Waals surface area contributed by atoms with E-state index in [-0.39, 0.29) is 11.8 Å². The molecule has 1 aromatic carbocycles. The number of nitrogens with zero attached hydrogens (tertiary/aromatic N) is 2. The molecule has 2 fully saturated rings. The molecule has 0 atom stereocenters. The van der Waals surface area contributed by atoms with Gasteiger partial charge in [-0.3, -0.25) is 9.69 Å². The van der Waals surface area contributed by atoms with E-state index >= 15 is 0 Å². The molecule has 0 aromatic heterocycles. The number of amides is 1. The Hall–Kier alpha value is -1.29. The molecule has 112 valence electrons. The normalized spacial score (nSPS) is 21.4. The minimum atomic E-state index is 0.243. The summed E-state index contributed by atoms with van der Waals surface area (Å²) in [6.45, 7) is 4.98. The lowest BCUT2D eigenvalue weighted by Crippen LogP contribution is -2.44. The summed E-state index contributed by atoms with van der Waals surface area (Å²) in [6.07, 6.45) is 4.36. The monoisotopic (exact) mass is 302 g/mol. The highest BCUT2D eigenvalue weighted by atomic mass is 32.2. The number of hydrogen-bond donors (Lipinski definition) is 0. The predicted octanol–water partition coefficient (Wildman–Crippen LogP) is 4.06. The maximum atomic E-state index is 12.6. The van der Waals surface area contributed by atoms with Gasteiger partial charge in [0.2, 0.25) is 5.91 Å².